The minimum absolute atomic E-state index is 0.0612. The summed E-state index contributed by atoms with van der Waals surface area (Å²) in [7, 11) is 0. The summed E-state index contributed by atoms with van der Waals surface area (Å²) in [6, 6.07) is 0. The van der Waals surface area contributed by atoms with Crippen molar-refractivity contribution in [3.63, 3.8) is 0 Å². The van der Waals surface area contributed by atoms with Crippen LogP contribution in [-0.4, -0.2) is 35.0 Å². The van der Waals surface area contributed by atoms with Gasteiger partial charge in [0.2, 0.25) is 5.91 Å². The second kappa shape index (κ2) is 5.12. The van der Waals surface area contributed by atoms with Gasteiger partial charge in [-0.15, -0.1) is 0 Å². The molecule has 0 aromatic rings. The van der Waals surface area contributed by atoms with Crippen LogP contribution in [-0.2, 0) is 9.59 Å². The van der Waals surface area contributed by atoms with E-state index in [1.807, 2.05) is 0 Å². The smallest absolute Gasteiger partial charge is 0.311 e. The van der Waals surface area contributed by atoms with Crippen molar-refractivity contribution in [3.05, 3.63) is 12.2 Å². The third-order valence-corrected chi connectivity index (χ3v) is 4.14. The fraction of sp³-hybridized carbons (Fsp3) is 0.714. The van der Waals surface area contributed by atoms with Gasteiger partial charge in [-0.1, -0.05) is 12.2 Å². The Bertz CT molecular complexity index is 377. The molecule has 1 aliphatic carbocycles. The highest BCUT2D eigenvalue weighted by Gasteiger charge is 2.40. The van der Waals surface area contributed by atoms with Gasteiger partial charge in [0.1, 0.15) is 0 Å². The van der Waals surface area contributed by atoms with Crippen LogP contribution < -0.4 is 0 Å². The lowest BCUT2D eigenvalue weighted by Gasteiger charge is -2.39. The lowest BCUT2D eigenvalue weighted by Crippen LogP contribution is -2.50. The molecule has 1 heterocycles. The molecular weight excluding hydrogens is 230 g/mol. The third kappa shape index (κ3) is 2.57. The van der Waals surface area contributed by atoms with Crippen LogP contribution in [0.1, 0.15) is 39.0 Å². The lowest BCUT2D eigenvalue weighted by atomic mass is 9.81. The predicted molar refractivity (Wildman–Crippen MR) is 68.0 cm³/mol. The molecule has 0 saturated carbocycles. The van der Waals surface area contributed by atoms with E-state index in [0.717, 1.165) is 25.7 Å². The van der Waals surface area contributed by atoms with E-state index in [-0.39, 0.29) is 11.8 Å². The molecule has 100 valence electrons. The van der Waals surface area contributed by atoms with E-state index in [9.17, 15) is 14.7 Å². The fourth-order valence-electron chi connectivity index (χ4n) is 2.88. The molecule has 2 aliphatic rings. The molecule has 1 amide bonds. The first-order chi connectivity index (χ1) is 8.53. The molecule has 0 aromatic carbocycles. The van der Waals surface area contributed by atoms with Gasteiger partial charge in [-0.25, -0.2) is 0 Å². The number of carbonyl (C=O) groups is 2. The zero-order chi connectivity index (χ0) is 13.2. The monoisotopic (exact) mass is 251 g/mol. The average Bonchev–Trinajstić information content (AvgIpc) is 2.39. The van der Waals surface area contributed by atoms with Crippen LogP contribution >= 0.6 is 0 Å². The average molecular weight is 251 g/mol. The van der Waals surface area contributed by atoms with E-state index in [4.69, 9.17) is 0 Å². The number of aliphatic carboxylic acids is 1. The molecule has 2 unspecified atom stereocenters. The first-order valence-corrected chi connectivity index (χ1v) is 6.70. The quantitative estimate of drug-likeness (QED) is 0.764. The summed E-state index contributed by atoms with van der Waals surface area (Å²) in [5.74, 6) is -0.582. The summed E-state index contributed by atoms with van der Waals surface area (Å²) in [6.45, 7) is 2.82. The van der Waals surface area contributed by atoms with Crippen LogP contribution in [0.4, 0.5) is 0 Å². The van der Waals surface area contributed by atoms with Gasteiger partial charge in [0.25, 0.3) is 0 Å². The van der Waals surface area contributed by atoms with E-state index in [1.165, 1.54) is 0 Å². The van der Waals surface area contributed by atoms with E-state index < -0.39 is 11.4 Å². The van der Waals surface area contributed by atoms with E-state index in [0.29, 0.717) is 19.5 Å². The molecule has 1 saturated heterocycles. The van der Waals surface area contributed by atoms with Crippen molar-refractivity contribution in [1.29, 1.82) is 0 Å². The van der Waals surface area contributed by atoms with Crippen molar-refractivity contribution in [2.24, 2.45) is 11.3 Å². The molecule has 0 spiro atoms. The molecular formula is C14H21NO3. The van der Waals surface area contributed by atoms with E-state index in [1.54, 1.807) is 11.8 Å². The summed E-state index contributed by atoms with van der Waals surface area (Å²) in [6.07, 6.45) is 8.29. The number of hydrogen-bond acceptors (Lipinski definition) is 2. The number of carbonyl (C=O) groups excluding carboxylic acids is 1. The highest BCUT2D eigenvalue weighted by Crippen LogP contribution is 2.31. The Labute approximate surface area is 108 Å². The number of allylic oxidation sites excluding steroid dienone is 2. The number of piperidine rings is 1. The Hall–Kier alpha value is -1.32. The van der Waals surface area contributed by atoms with Crippen molar-refractivity contribution in [2.75, 3.05) is 13.1 Å². The maximum absolute atomic E-state index is 12.4. The Morgan fingerprint density at radius 2 is 2.17 bits per heavy atom. The summed E-state index contributed by atoms with van der Waals surface area (Å²) in [4.78, 5) is 25.4. The maximum atomic E-state index is 12.4. The maximum Gasteiger partial charge on any atom is 0.311 e. The molecule has 1 fully saturated rings. The number of rotatable bonds is 2. The summed E-state index contributed by atoms with van der Waals surface area (Å²) in [5, 5.41) is 9.26. The normalized spacial score (nSPS) is 32.3. The standard InChI is InChI=1S/C14H21NO3/c1-14(13(17)18)8-5-9-15(10-14)12(16)11-6-3-2-4-7-11/h2-3,11H,4-10H2,1H3,(H,17,18). The molecule has 2 atom stereocenters. The zero-order valence-electron chi connectivity index (χ0n) is 10.9. The van der Waals surface area contributed by atoms with Gasteiger partial charge >= 0.3 is 5.97 Å². The second-order valence-electron chi connectivity index (χ2n) is 5.71. The molecule has 4 heteroatoms. The topological polar surface area (TPSA) is 57.6 Å². The van der Waals surface area contributed by atoms with E-state index in [2.05, 4.69) is 12.2 Å². The van der Waals surface area contributed by atoms with Crippen LogP contribution in [0, 0.1) is 11.3 Å². The van der Waals surface area contributed by atoms with Crippen molar-refractivity contribution in [1.82, 2.24) is 4.90 Å². The van der Waals surface area contributed by atoms with Crippen LogP contribution in [0.5, 0.6) is 0 Å². The molecule has 18 heavy (non-hydrogen) atoms. The minimum Gasteiger partial charge on any atom is -0.481 e. The van der Waals surface area contributed by atoms with Crippen LogP contribution in [0.15, 0.2) is 12.2 Å². The fourth-order valence-corrected chi connectivity index (χ4v) is 2.88. The summed E-state index contributed by atoms with van der Waals surface area (Å²) in [5.41, 5.74) is -0.765. The van der Waals surface area contributed by atoms with Crippen molar-refractivity contribution < 1.29 is 14.7 Å². The SMILES string of the molecule is CC1(C(=O)O)CCCN(C(=O)C2CC=CCC2)C1. The predicted octanol–water partition coefficient (Wildman–Crippen LogP) is 2.06. The van der Waals surface area contributed by atoms with Gasteiger partial charge in [0, 0.05) is 19.0 Å². The number of hydrogen-bond donors (Lipinski definition) is 1. The number of carboxylic acid groups (broad SMARTS) is 1. The summed E-state index contributed by atoms with van der Waals surface area (Å²) >= 11 is 0. The van der Waals surface area contributed by atoms with Gasteiger partial charge in [-0.3, -0.25) is 9.59 Å². The van der Waals surface area contributed by atoms with Gasteiger partial charge in [-0.05, 0) is 39.0 Å². The van der Waals surface area contributed by atoms with Crippen LogP contribution in [0.3, 0.4) is 0 Å². The van der Waals surface area contributed by atoms with Gasteiger partial charge in [0.05, 0.1) is 5.41 Å². The number of amides is 1. The van der Waals surface area contributed by atoms with Crippen molar-refractivity contribution >= 4 is 11.9 Å². The first kappa shape index (κ1) is 13.1. The van der Waals surface area contributed by atoms with Gasteiger partial charge in [0.15, 0.2) is 0 Å². The Morgan fingerprint density at radius 3 is 2.78 bits per heavy atom. The number of carboxylic acids is 1. The highest BCUT2D eigenvalue weighted by molar-refractivity contribution is 5.81. The van der Waals surface area contributed by atoms with Gasteiger partial charge < -0.3 is 10.0 Å². The zero-order valence-corrected chi connectivity index (χ0v) is 10.9. The molecule has 0 aromatic heterocycles. The molecule has 2 rings (SSSR count). The van der Waals surface area contributed by atoms with Gasteiger partial charge in [-0.2, -0.15) is 0 Å². The highest BCUT2D eigenvalue weighted by atomic mass is 16.4. The number of likely N-dealkylation sites (tertiary alicyclic amines) is 1. The van der Waals surface area contributed by atoms with Crippen molar-refractivity contribution in [2.45, 2.75) is 39.0 Å². The Balaban J connectivity index is 2.02. The molecule has 1 aliphatic heterocycles. The third-order valence-electron chi connectivity index (χ3n) is 4.14. The van der Waals surface area contributed by atoms with Crippen molar-refractivity contribution in [3.8, 4) is 0 Å². The van der Waals surface area contributed by atoms with Crippen LogP contribution in [0.25, 0.3) is 0 Å². The largest absolute Gasteiger partial charge is 0.481 e. The van der Waals surface area contributed by atoms with E-state index >= 15 is 0 Å². The Kier molecular flexibility index (Phi) is 3.73. The summed E-state index contributed by atoms with van der Waals surface area (Å²) < 4.78 is 0. The second-order valence-corrected chi connectivity index (χ2v) is 5.71. The first-order valence-electron chi connectivity index (χ1n) is 6.70. The minimum atomic E-state index is -0.788. The van der Waals surface area contributed by atoms with Crippen LogP contribution in [0.2, 0.25) is 0 Å². The molecule has 1 N–H and O–H groups in total. The molecule has 0 bridgehead atoms. The molecule has 0 radical (unpaired) electrons. The lowest BCUT2D eigenvalue weighted by molar-refractivity contribution is -0.154. The Morgan fingerprint density at radius 1 is 1.39 bits per heavy atom. The number of nitrogens with zero attached hydrogens (tertiary/aromatic N) is 1. The molecule has 4 nitrogen and oxygen atoms in total.